The van der Waals surface area contributed by atoms with E-state index in [0.29, 0.717) is 6.10 Å². The fourth-order valence-electron chi connectivity index (χ4n) is 3.10. The van der Waals surface area contributed by atoms with Crippen LogP contribution in [0.4, 0.5) is 0 Å². The highest BCUT2D eigenvalue weighted by molar-refractivity contribution is 7.85. The molecule has 1 saturated heterocycles. The van der Waals surface area contributed by atoms with E-state index in [2.05, 4.69) is 19.9 Å². The molecule has 0 aromatic heterocycles. The minimum Gasteiger partial charge on any atom is -0.362 e. The number of epoxide rings is 1. The molecule has 4 atom stereocenters. The molecule has 0 radical (unpaired) electrons. The summed E-state index contributed by atoms with van der Waals surface area (Å²) in [6.45, 7) is 4.23. The van der Waals surface area contributed by atoms with E-state index in [4.69, 9.17) is 4.74 Å². The van der Waals surface area contributed by atoms with Gasteiger partial charge >= 0.3 is 0 Å². The van der Waals surface area contributed by atoms with E-state index in [9.17, 15) is 4.21 Å². The summed E-state index contributed by atoms with van der Waals surface area (Å²) >= 11 is 0. The zero-order valence-corrected chi connectivity index (χ0v) is 12.3. The molecule has 102 valence electrons. The van der Waals surface area contributed by atoms with Crippen molar-refractivity contribution < 1.29 is 8.95 Å². The summed E-state index contributed by atoms with van der Waals surface area (Å²) in [5.74, 6) is 0. The van der Waals surface area contributed by atoms with Crippen molar-refractivity contribution in [1.82, 2.24) is 0 Å². The van der Waals surface area contributed by atoms with Crippen molar-refractivity contribution in [3.05, 3.63) is 42.0 Å². The van der Waals surface area contributed by atoms with Crippen LogP contribution in [-0.4, -0.2) is 21.2 Å². The van der Waals surface area contributed by atoms with Crippen LogP contribution in [-0.2, 0) is 15.5 Å². The first kappa shape index (κ1) is 13.1. The molecule has 1 aromatic rings. The zero-order chi connectivity index (χ0) is 13.5. The second-order valence-electron chi connectivity index (χ2n) is 5.54. The Hall–Kier alpha value is -0.930. The van der Waals surface area contributed by atoms with Gasteiger partial charge in [-0.15, -0.1) is 0 Å². The zero-order valence-electron chi connectivity index (χ0n) is 11.5. The Balaban J connectivity index is 1.81. The van der Waals surface area contributed by atoms with Crippen molar-refractivity contribution in [2.45, 2.75) is 55.0 Å². The highest BCUT2D eigenvalue weighted by atomic mass is 32.2. The summed E-state index contributed by atoms with van der Waals surface area (Å²) in [5, 5.41) is 0.224. The fourth-order valence-corrected chi connectivity index (χ4v) is 4.59. The maximum absolute atomic E-state index is 12.7. The van der Waals surface area contributed by atoms with E-state index in [-0.39, 0.29) is 10.9 Å². The molecular weight excluding hydrogens is 256 g/mol. The van der Waals surface area contributed by atoms with Crippen molar-refractivity contribution in [2.75, 3.05) is 0 Å². The number of hydrogen-bond acceptors (Lipinski definition) is 2. The third kappa shape index (κ3) is 2.30. The lowest BCUT2D eigenvalue weighted by atomic mass is 9.95. The summed E-state index contributed by atoms with van der Waals surface area (Å²) in [6, 6.07) is 9.82. The Morgan fingerprint density at radius 1 is 1.32 bits per heavy atom. The molecule has 3 heteroatoms. The number of fused-ring (bicyclic) bond motifs is 1. The first-order valence-electron chi connectivity index (χ1n) is 6.94. The standard InChI is InChI=1S/C16H20O2S/c1-3-12-11-14(9-10-15-16(12,2)18-15)19(17)13-7-5-4-6-8-13/h3-8,14-15H,9-11H2,1-2H3/b12-3-/t14-,15-,16+,19?/m1/s1. The normalized spacial score (nSPS) is 37.5. The summed E-state index contributed by atoms with van der Waals surface area (Å²) in [5.41, 5.74) is 1.26. The highest BCUT2D eigenvalue weighted by Gasteiger charge is 2.56. The van der Waals surface area contributed by atoms with E-state index in [1.807, 2.05) is 30.3 Å². The van der Waals surface area contributed by atoms with Gasteiger partial charge in [0.1, 0.15) is 5.60 Å². The molecule has 0 N–H and O–H groups in total. The summed E-state index contributed by atoms with van der Waals surface area (Å²) in [4.78, 5) is 0.949. The predicted molar refractivity (Wildman–Crippen MR) is 77.5 cm³/mol. The number of ether oxygens (including phenoxy) is 1. The summed E-state index contributed by atoms with van der Waals surface area (Å²) < 4.78 is 18.5. The SMILES string of the molecule is C/C=C1/C[C@H](S(=O)c2ccccc2)CC[C@H]2O[C@@]12C. The average Bonchev–Trinajstić information content (AvgIpc) is 3.12. The van der Waals surface area contributed by atoms with Crippen LogP contribution in [0.15, 0.2) is 46.9 Å². The van der Waals surface area contributed by atoms with Crippen molar-refractivity contribution in [3.63, 3.8) is 0 Å². The molecule has 1 aliphatic heterocycles. The largest absolute Gasteiger partial charge is 0.362 e. The molecule has 0 amide bonds. The van der Waals surface area contributed by atoms with E-state index in [1.165, 1.54) is 5.57 Å². The Morgan fingerprint density at radius 2 is 2.05 bits per heavy atom. The van der Waals surface area contributed by atoms with Crippen molar-refractivity contribution >= 4 is 10.8 Å². The van der Waals surface area contributed by atoms with Crippen LogP contribution in [0.1, 0.15) is 33.1 Å². The average molecular weight is 276 g/mol. The molecule has 1 unspecified atom stereocenters. The monoisotopic (exact) mass is 276 g/mol. The quantitative estimate of drug-likeness (QED) is 0.611. The molecule has 0 spiro atoms. The van der Waals surface area contributed by atoms with Gasteiger partial charge in [-0.1, -0.05) is 24.3 Å². The van der Waals surface area contributed by atoms with Gasteiger partial charge in [0.15, 0.2) is 0 Å². The van der Waals surface area contributed by atoms with Crippen LogP contribution in [0.3, 0.4) is 0 Å². The van der Waals surface area contributed by atoms with Crippen molar-refractivity contribution in [3.8, 4) is 0 Å². The van der Waals surface area contributed by atoms with Gasteiger partial charge in [-0.05, 0) is 50.8 Å². The summed E-state index contributed by atoms with van der Waals surface area (Å²) in [6.07, 6.45) is 5.40. The van der Waals surface area contributed by atoms with Crippen LogP contribution in [0, 0.1) is 0 Å². The van der Waals surface area contributed by atoms with Gasteiger partial charge in [-0.2, -0.15) is 0 Å². The van der Waals surface area contributed by atoms with Gasteiger partial charge in [0.05, 0.1) is 16.9 Å². The smallest absolute Gasteiger partial charge is 0.113 e. The third-order valence-electron chi connectivity index (χ3n) is 4.41. The topological polar surface area (TPSA) is 29.6 Å². The van der Waals surface area contributed by atoms with Gasteiger partial charge in [0.2, 0.25) is 0 Å². The maximum atomic E-state index is 12.7. The number of hydrogen-bond donors (Lipinski definition) is 0. The van der Waals surface area contributed by atoms with Crippen molar-refractivity contribution in [1.29, 1.82) is 0 Å². The predicted octanol–water partition coefficient (Wildman–Crippen LogP) is 3.45. The number of rotatable bonds is 2. The molecule has 3 rings (SSSR count). The third-order valence-corrected chi connectivity index (χ3v) is 6.15. The maximum Gasteiger partial charge on any atom is 0.113 e. The van der Waals surface area contributed by atoms with Crippen LogP contribution in [0.25, 0.3) is 0 Å². The van der Waals surface area contributed by atoms with E-state index in [1.54, 1.807) is 0 Å². The van der Waals surface area contributed by atoms with Gasteiger partial charge in [0, 0.05) is 10.1 Å². The van der Waals surface area contributed by atoms with Crippen LogP contribution < -0.4 is 0 Å². The molecule has 1 aliphatic carbocycles. The summed E-state index contributed by atoms with van der Waals surface area (Å²) in [7, 11) is -0.912. The molecule has 2 nitrogen and oxygen atoms in total. The Morgan fingerprint density at radius 3 is 2.74 bits per heavy atom. The fraction of sp³-hybridized carbons (Fsp3) is 0.500. The van der Waals surface area contributed by atoms with Gasteiger partial charge in [0.25, 0.3) is 0 Å². The lowest BCUT2D eigenvalue weighted by Gasteiger charge is -2.17. The lowest BCUT2D eigenvalue weighted by molar-refractivity contribution is 0.315. The lowest BCUT2D eigenvalue weighted by Crippen LogP contribution is -2.18. The Bertz CT molecular complexity index is 523. The molecule has 1 heterocycles. The number of benzene rings is 1. The Kier molecular flexibility index (Phi) is 3.35. The molecule has 19 heavy (non-hydrogen) atoms. The van der Waals surface area contributed by atoms with Crippen LogP contribution in [0.5, 0.6) is 0 Å². The van der Waals surface area contributed by atoms with E-state index < -0.39 is 10.8 Å². The van der Waals surface area contributed by atoms with Gasteiger partial charge < -0.3 is 4.74 Å². The molecule has 0 bridgehead atoms. The molecule has 1 saturated carbocycles. The van der Waals surface area contributed by atoms with E-state index >= 15 is 0 Å². The Labute approximate surface area is 117 Å². The van der Waals surface area contributed by atoms with Crippen LogP contribution in [0.2, 0.25) is 0 Å². The molecule has 2 fully saturated rings. The van der Waals surface area contributed by atoms with E-state index in [0.717, 1.165) is 24.2 Å². The number of allylic oxidation sites excluding steroid dienone is 1. The molecule has 1 aromatic carbocycles. The molecule has 2 aliphatic rings. The van der Waals surface area contributed by atoms with Crippen LogP contribution >= 0.6 is 0 Å². The van der Waals surface area contributed by atoms with Crippen molar-refractivity contribution in [2.24, 2.45) is 0 Å². The molecular formula is C16H20O2S. The highest BCUT2D eigenvalue weighted by Crippen LogP contribution is 2.50. The minimum absolute atomic E-state index is 0.0651. The van der Waals surface area contributed by atoms with Gasteiger partial charge in [-0.25, -0.2) is 0 Å². The second-order valence-corrected chi connectivity index (χ2v) is 7.27. The minimum atomic E-state index is -0.912. The first-order chi connectivity index (χ1) is 9.15. The van der Waals surface area contributed by atoms with Gasteiger partial charge in [-0.3, -0.25) is 4.21 Å². The second kappa shape index (κ2) is 4.88. The first-order valence-corrected chi connectivity index (χ1v) is 8.15.